The van der Waals surface area contributed by atoms with Crippen LogP contribution in [0.3, 0.4) is 0 Å². The monoisotopic (exact) mass is 190 g/mol. The van der Waals surface area contributed by atoms with Gasteiger partial charge in [-0.05, 0) is 6.07 Å². The van der Waals surface area contributed by atoms with Crippen LogP contribution in [0.25, 0.3) is 0 Å². The van der Waals surface area contributed by atoms with Crippen molar-refractivity contribution in [2.24, 2.45) is 5.73 Å². The number of rotatable bonds is 3. The maximum Gasteiger partial charge on any atom is 0.254 e. The summed E-state index contributed by atoms with van der Waals surface area (Å²) in [7, 11) is 0. The zero-order valence-corrected chi connectivity index (χ0v) is 7.26. The molecule has 0 aromatic carbocycles. The van der Waals surface area contributed by atoms with Crippen molar-refractivity contribution in [2.45, 2.75) is 0 Å². The number of halogens is 1. The summed E-state index contributed by atoms with van der Waals surface area (Å²) in [6, 6.07) is 1.60. The Kier molecular flexibility index (Phi) is 5.16. The van der Waals surface area contributed by atoms with Gasteiger partial charge in [-0.2, -0.15) is 0 Å². The highest BCUT2D eigenvalue weighted by Gasteiger charge is 2.03. The molecule has 0 aliphatic rings. The van der Waals surface area contributed by atoms with Crippen LogP contribution in [0.1, 0.15) is 10.4 Å². The van der Waals surface area contributed by atoms with Crippen LogP contribution in [0, 0.1) is 0 Å². The number of hydrogen-bond acceptors (Lipinski definition) is 3. The van der Waals surface area contributed by atoms with Gasteiger partial charge in [-0.15, -0.1) is 12.4 Å². The minimum absolute atomic E-state index is 0. The van der Waals surface area contributed by atoms with Crippen molar-refractivity contribution in [3.05, 3.63) is 24.2 Å². The molecule has 0 spiro atoms. The number of furan rings is 1. The van der Waals surface area contributed by atoms with E-state index in [9.17, 15) is 4.79 Å². The Bertz CT molecular complexity index is 223. The number of carbonyl (C=O) groups excluding carboxylic acids is 1. The second-order valence-corrected chi connectivity index (χ2v) is 2.06. The molecule has 0 unspecified atom stereocenters. The quantitative estimate of drug-likeness (QED) is 0.725. The number of nitrogens with one attached hydrogen (secondary N) is 1. The first-order valence-corrected chi connectivity index (χ1v) is 3.35. The molecule has 3 N–H and O–H groups in total. The van der Waals surface area contributed by atoms with Crippen molar-refractivity contribution in [3.8, 4) is 0 Å². The van der Waals surface area contributed by atoms with E-state index in [1.54, 1.807) is 6.07 Å². The summed E-state index contributed by atoms with van der Waals surface area (Å²) in [6.45, 7) is 0.938. The van der Waals surface area contributed by atoms with E-state index in [0.717, 1.165) is 0 Å². The maximum absolute atomic E-state index is 11.0. The van der Waals surface area contributed by atoms with Crippen LogP contribution in [0.15, 0.2) is 23.0 Å². The lowest BCUT2D eigenvalue weighted by Gasteiger charge is -1.98. The molecule has 1 amide bonds. The molecule has 0 aliphatic carbocycles. The van der Waals surface area contributed by atoms with Gasteiger partial charge in [0.15, 0.2) is 0 Å². The topological polar surface area (TPSA) is 68.3 Å². The zero-order chi connectivity index (χ0) is 8.10. The van der Waals surface area contributed by atoms with E-state index in [1.165, 1.54) is 12.5 Å². The molecule has 1 rings (SSSR count). The van der Waals surface area contributed by atoms with Crippen molar-refractivity contribution in [1.29, 1.82) is 0 Å². The highest BCUT2D eigenvalue weighted by Crippen LogP contribution is 1.98. The fourth-order valence-electron chi connectivity index (χ4n) is 0.681. The second kappa shape index (κ2) is 5.62. The molecule has 0 aliphatic heterocycles. The summed E-state index contributed by atoms with van der Waals surface area (Å²) in [5, 5.41) is 2.61. The molecule has 1 heterocycles. The number of amides is 1. The van der Waals surface area contributed by atoms with Crippen molar-refractivity contribution in [1.82, 2.24) is 5.32 Å². The van der Waals surface area contributed by atoms with Gasteiger partial charge in [0.05, 0.1) is 11.8 Å². The zero-order valence-electron chi connectivity index (χ0n) is 6.45. The molecule has 0 radical (unpaired) electrons. The predicted octanol–water partition coefficient (Wildman–Crippen LogP) is 0.390. The number of carbonyl (C=O) groups is 1. The van der Waals surface area contributed by atoms with Crippen molar-refractivity contribution in [2.75, 3.05) is 13.1 Å². The molecule has 1 aromatic heterocycles. The summed E-state index contributed by atoms with van der Waals surface area (Å²) < 4.78 is 4.72. The van der Waals surface area contributed by atoms with E-state index in [1.807, 2.05) is 0 Å². The van der Waals surface area contributed by atoms with Gasteiger partial charge in [-0.25, -0.2) is 0 Å². The van der Waals surface area contributed by atoms with Crippen LogP contribution in [-0.4, -0.2) is 19.0 Å². The highest BCUT2D eigenvalue weighted by molar-refractivity contribution is 5.93. The lowest BCUT2D eigenvalue weighted by Crippen LogP contribution is -2.28. The summed E-state index contributed by atoms with van der Waals surface area (Å²) >= 11 is 0. The normalized spacial score (nSPS) is 8.75. The first kappa shape index (κ1) is 11.0. The summed E-state index contributed by atoms with van der Waals surface area (Å²) in [5.74, 6) is -0.149. The lowest BCUT2D eigenvalue weighted by molar-refractivity contribution is 0.0954. The van der Waals surface area contributed by atoms with Crippen LogP contribution in [-0.2, 0) is 0 Å². The van der Waals surface area contributed by atoms with E-state index in [4.69, 9.17) is 10.2 Å². The summed E-state index contributed by atoms with van der Waals surface area (Å²) in [6.07, 6.45) is 2.85. The average Bonchev–Trinajstić information content (AvgIpc) is 2.52. The van der Waals surface area contributed by atoms with Crippen LogP contribution >= 0.6 is 12.4 Å². The van der Waals surface area contributed by atoms with E-state index in [2.05, 4.69) is 5.32 Å². The smallest absolute Gasteiger partial charge is 0.254 e. The Labute approximate surface area is 76.5 Å². The third kappa shape index (κ3) is 2.94. The molecular weight excluding hydrogens is 180 g/mol. The molecule has 0 bridgehead atoms. The van der Waals surface area contributed by atoms with Gasteiger partial charge >= 0.3 is 0 Å². The van der Waals surface area contributed by atoms with Crippen molar-refractivity contribution >= 4 is 18.3 Å². The van der Waals surface area contributed by atoms with E-state index >= 15 is 0 Å². The maximum atomic E-state index is 11.0. The Hall–Kier alpha value is -1.00. The summed E-state index contributed by atoms with van der Waals surface area (Å²) in [5.41, 5.74) is 5.72. The van der Waals surface area contributed by atoms with Gasteiger partial charge in [0.1, 0.15) is 6.26 Å². The Balaban J connectivity index is 0.00000121. The standard InChI is InChI=1S/C7H10N2O2.ClH/c8-2-3-9-7(10)6-1-4-11-5-6;/h1,4-5H,2-3,8H2,(H,9,10);1H. The van der Waals surface area contributed by atoms with Crippen LogP contribution < -0.4 is 11.1 Å². The highest BCUT2D eigenvalue weighted by atomic mass is 35.5. The number of nitrogens with two attached hydrogens (primary N) is 1. The van der Waals surface area contributed by atoms with Gasteiger partial charge < -0.3 is 15.5 Å². The minimum atomic E-state index is -0.149. The molecular formula is C7H11ClN2O2. The third-order valence-corrected chi connectivity index (χ3v) is 1.21. The molecule has 0 saturated heterocycles. The first-order valence-electron chi connectivity index (χ1n) is 3.35. The molecule has 1 aromatic rings. The van der Waals surface area contributed by atoms with Crippen LogP contribution in [0.4, 0.5) is 0 Å². The molecule has 0 atom stereocenters. The first-order chi connectivity index (χ1) is 5.34. The molecule has 4 nitrogen and oxygen atoms in total. The molecule has 5 heteroatoms. The fraction of sp³-hybridized carbons (Fsp3) is 0.286. The Morgan fingerprint density at radius 1 is 1.67 bits per heavy atom. The fourth-order valence-corrected chi connectivity index (χ4v) is 0.681. The Morgan fingerprint density at radius 3 is 2.92 bits per heavy atom. The van der Waals surface area contributed by atoms with Crippen molar-refractivity contribution < 1.29 is 9.21 Å². The van der Waals surface area contributed by atoms with Gasteiger partial charge in [0.2, 0.25) is 0 Å². The second-order valence-electron chi connectivity index (χ2n) is 2.06. The van der Waals surface area contributed by atoms with E-state index < -0.39 is 0 Å². The summed E-state index contributed by atoms with van der Waals surface area (Å²) in [4.78, 5) is 11.0. The van der Waals surface area contributed by atoms with E-state index in [0.29, 0.717) is 18.7 Å². The van der Waals surface area contributed by atoms with Gasteiger partial charge in [0.25, 0.3) is 5.91 Å². The van der Waals surface area contributed by atoms with Crippen molar-refractivity contribution in [3.63, 3.8) is 0 Å². The molecule has 68 valence electrons. The van der Waals surface area contributed by atoms with Gasteiger partial charge in [-0.1, -0.05) is 0 Å². The predicted molar refractivity (Wildman–Crippen MR) is 47.3 cm³/mol. The number of hydrogen-bond donors (Lipinski definition) is 2. The van der Waals surface area contributed by atoms with Crippen LogP contribution in [0.5, 0.6) is 0 Å². The molecule has 0 fully saturated rings. The average molecular weight is 191 g/mol. The third-order valence-electron chi connectivity index (χ3n) is 1.21. The largest absolute Gasteiger partial charge is 0.472 e. The molecule has 12 heavy (non-hydrogen) atoms. The van der Waals surface area contributed by atoms with Gasteiger partial charge in [0, 0.05) is 13.1 Å². The minimum Gasteiger partial charge on any atom is -0.472 e. The van der Waals surface area contributed by atoms with Gasteiger partial charge in [-0.3, -0.25) is 4.79 Å². The molecule has 0 saturated carbocycles. The lowest BCUT2D eigenvalue weighted by atomic mass is 10.3. The van der Waals surface area contributed by atoms with Crippen LogP contribution in [0.2, 0.25) is 0 Å². The van der Waals surface area contributed by atoms with E-state index in [-0.39, 0.29) is 18.3 Å². The Morgan fingerprint density at radius 2 is 2.42 bits per heavy atom. The SMILES string of the molecule is Cl.NCCNC(=O)c1ccoc1.